The maximum absolute atomic E-state index is 12.2. The molecule has 0 aliphatic heterocycles. The average molecular weight is 339 g/mol. The number of carbonyl (C=O) groups is 2. The van der Waals surface area contributed by atoms with Crippen molar-refractivity contribution in [3.63, 3.8) is 0 Å². The summed E-state index contributed by atoms with van der Waals surface area (Å²) >= 11 is 11.8. The number of hydrogen-bond donors (Lipinski definition) is 1. The number of nitrogens with zero attached hydrogens (tertiary/aromatic N) is 1. The normalized spacial score (nSPS) is 10.1. The number of pyridine rings is 1. The van der Waals surface area contributed by atoms with Crippen LogP contribution in [-0.4, -0.2) is 23.5 Å². The van der Waals surface area contributed by atoms with E-state index in [0.717, 1.165) is 0 Å². The van der Waals surface area contributed by atoms with Crippen LogP contribution < -0.4 is 5.32 Å². The minimum absolute atomic E-state index is 0.0618. The van der Waals surface area contributed by atoms with Crippen molar-refractivity contribution in [3.8, 4) is 0 Å². The lowest BCUT2D eigenvalue weighted by molar-refractivity contribution is 0.0519. The number of hydrogen-bond acceptors (Lipinski definition) is 4. The first-order valence-electron chi connectivity index (χ1n) is 6.42. The van der Waals surface area contributed by atoms with E-state index in [1.807, 2.05) is 0 Å². The first-order valence-corrected chi connectivity index (χ1v) is 7.17. The van der Waals surface area contributed by atoms with Crippen LogP contribution >= 0.6 is 23.2 Å². The molecule has 22 heavy (non-hydrogen) atoms. The van der Waals surface area contributed by atoms with Gasteiger partial charge in [-0.25, -0.2) is 9.78 Å². The summed E-state index contributed by atoms with van der Waals surface area (Å²) in [4.78, 5) is 27.8. The number of halogens is 2. The summed E-state index contributed by atoms with van der Waals surface area (Å²) in [6.07, 6.45) is 0. The molecule has 0 atom stereocenters. The first kappa shape index (κ1) is 16.3. The highest BCUT2D eigenvalue weighted by Crippen LogP contribution is 2.25. The number of aromatic nitrogens is 1. The van der Waals surface area contributed by atoms with E-state index in [0.29, 0.717) is 15.7 Å². The Morgan fingerprint density at radius 1 is 1.18 bits per heavy atom. The van der Waals surface area contributed by atoms with Crippen LogP contribution in [0.2, 0.25) is 10.0 Å². The molecule has 1 heterocycles. The summed E-state index contributed by atoms with van der Waals surface area (Å²) in [5, 5.41) is 3.38. The highest BCUT2D eigenvalue weighted by molar-refractivity contribution is 6.35. The van der Waals surface area contributed by atoms with Crippen molar-refractivity contribution in [3.05, 3.63) is 57.8 Å². The molecule has 0 aliphatic carbocycles. The van der Waals surface area contributed by atoms with E-state index in [-0.39, 0.29) is 18.0 Å². The summed E-state index contributed by atoms with van der Waals surface area (Å²) < 4.78 is 4.84. The maximum atomic E-state index is 12.2. The highest BCUT2D eigenvalue weighted by atomic mass is 35.5. The monoisotopic (exact) mass is 338 g/mol. The van der Waals surface area contributed by atoms with Gasteiger partial charge in [0, 0.05) is 5.02 Å². The third kappa shape index (κ3) is 3.96. The highest BCUT2D eigenvalue weighted by Gasteiger charge is 2.14. The van der Waals surface area contributed by atoms with Gasteiger partial charge >= 0.3 is 5.97 Å². The molecule has 2 aromatic rings. The third-order valence-corrected chi connectivity index (χ3v) is 3.21. The number of ether oxygens (including phenoxy) is 1. The molecular weight excluding hydrogens is 327 g/mol. The molecule has 7 heteroatoms. The molecule has 2 rings (SSSR count). The molecule has 0 spiro atoms. The van der Waals surface area contributed by atoms with E-state index in [9.17, 15) is 9.59 Å². The number of anilines is 1. The van der Waals surface area contributed by atoms with Crippen LogP contribution in [0, 0.1) is 0 Å². The van der Waals surface area contributed by atoms with E-state index in [4.69, 9.17) is 27.9 Å². The van der Waals surface area contributed by atoms with Gasteiger partial charge in [-0.05, 0) is 37.3 Å². The zero-order chi connectivity index (χ0) is 16.1. The molecule has 5 nitrogen and oxygen atoms in total. The Morgan fingerprint density at radius 3 is 2.64 bits per heavy atom. The predicted molar refractivity (Wildman–Crippen MR) is 84.6 cm³/mol. The zero-order valence-electron chi connectivity index (χ0n) is 11.6. The van der Waals surface area contributed by atoms with Crippen LogP contribution in [-0.2, 0) is 4.74 Å². The summed E-state index contributed by atoms with van der Waals surface area (Å²) in [7, 11) is 0. The lowest BCUT2D eigenvalue weighted by atomic mass is 10.2. The van der Waals surface area contributed by atoms with E-state index in [1.54, 1.807) is 25.1 Å². The Morgan fingerprint density at radius 2 is 1.91 bits per heavy atom. The van der Waals surface area contributed by atoms with Crippen LogP contribution in [0.1, 0.15) is 27.9 Å². The Hall–Kier alpha value is -2.11. The predicted octanol–water partition coefficient (Wildman–Crippen LogP) is 3.82. The Balaban J connectivity index is 2.21. The SMILES string of the molecule is CCOC(=O)c1cccc(C(=O)Nc2cc(Cl)ccc2Cl)n1. The van der Waals surface area contributed by atoms with E-state index in [2.05, 4.69) is 10.3 Å². The van der Waals surface area contributed by atoms with Gasteiger partial charge in [0.15, 0.2) is 0 Å². The van der Waals surface area contributed by atoms with Gasteiger partial charge in [0.05, 0.1) is 17.3 Å². The smallest absolute Gasteiger partial charge is 0.356 e. The second kappa shape index (κ2) is 7.24. The second-order valence-corrected chi connectivity index (χ2v) is 5.05. The molecule has 0 fully saturated rings. The second-order valence-electron chi connectivity index (χ2n) is 4.21. The van der Waals surface area contributed by atoms with Crippen molar-refractivity contribution in [2.75, 3.05) is 11.9 Å². The molecule has 0 saturated carbocycles. The van der Waals surface area contributed by atoms with Gasteiger partial charge < -0.3 is 10.1 Å². The van der Waals surface area contributed by atoms with Crippen molar-refractivity contribution in [2.45, 2.75) is 6.92 Å². The van der Waals surface area contributed by atoms with Gasteiger partial charge in [0.2, 0.25) is 0 Å². The van der Waals surface area contributed by atoms with Crippen molar-refractivity contribution in [1.82, 2.24) is 4.98 Å². The van der Waals surface area contributed by atoms with Crippen molar-refractivity contribution in [1.29, 1.82) is 0 Å². The molecule has 1 amide bonds. The quantitative estimate of drug-likeness (QED) is 0.860. The Labute approximate surface area is 137 Å². The molecule has 0 aliphatic rings. The summed E-state index contributed by atoms with van der Waals surface area (Å²) in [5.74, 6) is -1.09. The maximum Gasteiger partial charge on any atom is 0.356 e. The fourth-order valence-electron chi connectivity index (χ4n) is 1.66. The fourth-order valence-corrected chi connectivity index (χ4v) is 2.00. The Kier molecular flexibility index (Phi) is 5.35. The van der Waals surface area contributed by atoms with Crippen LogP contribution in [0.3, 0.4) is 0 Å². The van der Waals surface area contributed by atoms with Gasteiger partial charge in [0.1, 0.15) is 11.4 Å². The van der Waals surface area contributed by atoms with Gasteiger partial charge in [-0.15, -0.1) is 0 Å². The molecule has 1 aromatic carbocycles. The fraction of sp³-hybridized carbons (Fsp3) is 0.133. The van der Waals surface area contributed by atoms with E-state index >= 15 is 0 Å². The zero-order valence-corrected chi connectivity index (χ0v) is 13.1. The third-order valence-electron chi connectivity index (χ3n) is 2.64. The number of rotatable bonds is 4. The summed E-state index contributed by atoms with van der Waals surface area (Å²) in [6, 6.07) is 9.21. The average Bonchev–Trinajstić information content (AvgIpc) is 2.51. The summed E-state index contributed by atoms with van der Waals surface area (Å²) in [6.45, 7) is 1.92. The molecule has 0 unspecified atom stereocenters. The molecule has 0 saturated heterocycles. The van der Waals surface area contributed by atoms with Crippen LogP contribution in [0.15, 0.2) is 36.4 Å². The molecule has 114 valence electrons. The largest absolute Gasteiger partial charge is 0.461 e. The number of benzene rings is 1. The topological polar surface area (TPSA) is 68.3 Å². The standard InChI is InChI=1S/C15H12Cl2N2O3/c1-2-22-15(21)12-5-3-4-11(18-12)14(20)19-13-8-9(16)6-7-10(13)17/h3-8H,2H2,1H3,(H,19,20). The minimum Gasteiger partial charge on any atom is -0.461 e. The van der Waals surface area contributed by atoms with Crippen LogP contribution in [0.5, 0.6) is 0 Å². The molecular formula is C15H12Cl2N2O3. The van der Waals surface area contributed by atoms with E-state index in [1.165, 1.54) is 18.2 Å². The van der Waals surface area contributed by atoms with Gasteiger partial charge in [0.25, 0.3) is 5.91 Å². The minimum atomic E-state index is -0.585. The molecule has 1 N–H and O–H groups in total. The first-order chi connectivity index (χ1) is 10.5. The van der Waals surface area contributed by atoms with Crippen molar-refractivity contribution < 1.29 is 14.3 Å². The number of nitrogens with one attached hydrogen (secondary N) is 1. The van der Waals surface area contributed by atoms with E-state index < -0.39 is 11.9 Å². The molecule has 0 radical (unpaired) electrons. The molecule has 0 bridgehead atoms. The molecule has 1 aromatic heterocycles. The van der Waals surface area contributed by atoms with Crippen LogP contribution in [0.25, 0.3) is 0 Å². The lowest BCUT2D eigenvalue weighted by Crippen LogP contribution is -2.16. The van der Waals surface area contributed by atoms with Gasteiger partial charge in [-0.1, -0.05) is 29.3 Å². The van der Waals surface area contributed by atoms with Crippen LogP contribution in [0.4, 0.5) is 5.69 Å². The number of amides is 1. The number of esters is 1. The van der Waals surface area contributed by atoms with Crippen molar-refractivity contribution in [2.24, 2.45) is 0 Å². The van der Waals surface area contributed by atoms with Gasteiger partial charge in [-0.2, -0.15) is 0 Å². The number of carbonyl (C=O) groups excluding carboxylic acids is 2. The Bertz CT molecular complexity index is 720. The van der Waals surface area contributed by atoms with Gasteiger partial charge in [-0.3, -0.25) is 4.79 Å². The van der Waals surface area contributed by atoms with Crippen molar-refractivity contribution >= 4 is 40.8 Å². The lowest BCUT2D eigenvalue weighted by Gasteiger charge is -2.08. The summed E-state index contributed by atoms with van der Waals surface area (Å²) in [5.41, 5.74) is 0.496.